The highest BCUT2D eigenvalue weighted by Crippen LogP contribution is 2.41. The first-order valence-electron chi connectivity index (χ1n) is 19.8. The number of alkyl halides is 3. The van der Waals surface area contributed by atoms with Crippen LogP contribution in [0.2, 0.25) is 0 Å². The molecule has 0 aliphatic carbocycles. The van der Waals surface area contributed by atoms with Crippen LogP contribution in [-0.4, -0.2) is 90.0 Å². The fourth-order valence-electron chi connectivity index (χ4n) is 8.33. The van der Waals surface area contributed by atoms with E-state index in [0.29, 0.717) is 62.0 Å². The molecular weight excluding hydrogens is 831 g/mol. The largest absolute Gasteiger partial charge is 0.489 e. The number of furan rings is 1. The molecule has 0 radical (unpaired) electrons. The van der Waals surface area contributed by atoms with Crippen LogP contribution in [0, 0.1) is 17.1 Å². The number of hydrogen-bond donors (Lipinski definition) is 2. The van der Waals surface area contributed by atoms with Crippen molar-refractivity contribution in [1.29, 1.82) is 5.26 Å². The fraction of sp³-hybridized carbons (Fsp3) is 0.318. The number of amides is 4. The first kappa shape index (κ1) is 42.3. The van der Waals surface area contributed by atoms with E-state index in [2.05, 4.69) is 15.5 Å². The van der Waals surface area contributed by atoms with E-state index in [-0.39, 0.29) is 59.5 Å². The molecule has 3 aliphatic heterocycles. The number of ether oxygens (including phenoxy) is 1. The molecule has 2 N–H and O–H groups in total. The Hall–Kier alpha value is -6.42. The second-order valence-corrected chi connectivity index (χ2v) is 16.2. The summed E-state index contributed by atoms with van der Waals surface area (Å²) in [4.78, 5) is 57.8. The lowest BCUT2D eigenvalue weighted by Crippen LogP contribution is -2.49. The van der Waals surface area contributed by atoms with Crippen LogP contribution in [0.4, 0.5) is 34.6 Å². The number of nitrogens with one attached hydrogen (secondary N) is 2. The monoisotopic (exact) mass is 869 g/mol. The van der Waals surface area contributed by atoms with Gasteiger partial charge in [0.25, 0.3) is 5.91 Å². The van der Waals surface area contributed by atoms with Gasteiger partial charge in [0.1, 0.15) is 17.7 Å². The molecule has 4 aromatic carbocycles. The molecule has 1 atom stereocenters. The number of anilines is 3. The van der Waals surface area contributed by atoms with Gasteiger partial charge >= 0.3 is 6.18 Å². The van der Waals surface area contributed by atoms with Crippen molar-refractivity contribution in [1.82, 2.24) is 15.1 Å². The van der Waals surface area contributed by atoms with Gasteiger partial charge in [-0.05, 0) is 86.4 Å². The fourth-order valence-corrected chi connectivity index (χ4v) is 8.85. The highest BCUT2D eigenvalue weighted by Gasteiger charge is 2.51. The van der Waals surface area contributed by atoms with Crippen LogP contribution in [0.3, 0.4) is 0 Å². The minimum atomic E-state index is -4.85. The van der Waals surface area contributed by atoms with E-state index >= 15 is 4.39 Å². The minimum Gasteiger partial charge on any atom is -0.489 e. The SMILES string of the molecule is CC1(C)C(=O)N(c2ccc(C#N)c(C(F)(F)F)c2)C(=S)N1c1ccc(OCCN2CCN(CC(=O)Nc3cccc4c3ccc3occ([C@@H]5CCC(=O)NC5=O)c34)CC2)c(F)c1. The maximum Gasteiger partial charge on any atom is 0.417 e. The quantitative estimate of drug-likeness (QED) is 0.0879. The number of halogens is 4. The van der Waals surface area contributed by atoms with Crippen molar-refractivity contribution in [2.24, 2.45) is 0 Å². The van der Waals surface area contributed by atoms with Crippen molar-refractivity contribution in [3.8, 4) is 11.8 Å². The summed E-state index contributed by atoms with van der Waals surface area (Å²) in [6.07, 6.45) is -2.66. The summed E-state index contributed by atoms with van der Waals surface area (Å²) in [6, 6.07) is 17.7. The van der Waals surface area contributed by atoms with Gasteiger partial charge in [0.15, 0.2) is 16.7 Å². The molecule has 8 rings (SSSR count). The topological polar surface area (TPSA) is 151 Å². The van der Waals surface area contributed by atoms with Gasteiger partial charge in [-0.25, -0.2) is 4.39 Å². The first-order valence-corrected chi connectivity index (χ1v) is 20.2. The van der Waals surface area contributed by atoms with Gasteiger partial charge in [-0.3, -0.25) is 39.2 Å². The number of carbonyl (C=O) groups is 4. The van der Waals surface area contributed by atoms with Gasteiger partial charge in [0.05, 0.1) is 41.6 Å². The standard InChI is InChI=1S/C44H39F4N7O6S/c1-43(2)41(59)54(26-7-6-25(22-49)32(20-26)44(46,47)48)42(62)55(43)27-8-11-35(33(45)21-27)60-19-18-52-14-16-53(17-15-52)23-38(57)50-34-5-3-4-29-28(34)9-12-36-39(29)31(24-61-36)30-10-13-37(56)51-40(30)58/h3-9,11-12,20-21,24,30H,10,13-19,23H2,1-2H3,(H,50,57)(H,51,56,58)/t30-/m0/s1. The van der Waals surface area contributed by atoms with E-state index in [1.165, 1.54) is 43.0 Å². The Kier molecular flexibility index (Phi) is 11.2. The van der Waals surface area contributed by atoms with Crippen LogP contribution in [0.5, 0.6) is 5.75 Å². The molecule has 18 heteroatoms. The zero-order valence-electron chi connectivity index (χ0n) is 33.5. The summed E-state index contributed by atoms with van der Waals surface area (Å²) in [5.41, 5.74) is -1.26. The molecule has 5 aromatic rings. The van der Waals surface area contributed by atoms with Crippen LogP contribution < -0.4 is 25.2 Å². The predicted octanol–water partition coefficient (Wildman–Crippen LogP) is 6.69. The maximum atomic E-state index is 15.5. The lowest BCUT2D eigenvalue weighted by atomic mass is 9.88. The van der Waals surface area contributed by atoms with Crippen molar-refractivity contribution in [2.45, 2.75) is 44.3 Å². The predicted molar refractivity (Wildman–Crippen MR) is 225 cm³/mol. The van der Waals surface area contributed by atoms with E-state index in [0.717, 1.165) is 33.2 Å². The molecule has 0 saturated carbocycles. The highest BCUT2D eigenvalue weighted by atomic mass is 32.1. The van der Waals surface area contributed by atoms with E-state index in [1.807, 2.05) is 29.2 Å². The Morgan fingerprint density at radius 1 is 1.00 bits per heavy atom. The van der Waals surface area contributed by atoms with Crippen molar-refractivity contribution in [3.63, 3.8) is 0 Å². The third-order valence-electron chi connectivity index (χ3n) is 11.5. The number of imide groups is 1. The second kappa shape index (κ2) is 16.5. The van der Waals surface area contributed by atoms with Crippen LogP contribution in [0.15, 0.2) is 77.4 Å². The number of fused-ring (bicyclic) bond motifs is 3. The Morgan fingerprint density at radius 3 is 2.45 bits per heavy atom. The number of piperidine rings is 1. The number of piperazine rings is 1. The summed E-state index contributed by atoms with van der Waals surface area (Å²) >= 11 is 5.56. The van der Waals surface area contributed by atoms with Gasteiger partial charge in [-0.2, -0.15) is 18.4 Å². The van der Waals surface area contributed by atoms with Gasteiger partial charge in [0, 0.05) is 72.9 Å². The normalized spacial score (nSPS) is 18.7. The van der Waals surface area contributed by atoms with Crippen molar-refractivity contribution in [2.75, 3.05) is 61.0 Å². The highest BCUT2D eigenvalue weighted by molar-refractivity contribution is 7.81. The molecule has 62 heavy (non-hydrogen) atoms. The molecule has 1 aromatic heterocycles. The molecule has 4 amide bonds. The van der Waals surface area contributed by atoms with E-state index in [9.17, 15) is 37.6 Å². The number of rotatable bonds is 10. The van der Waals surface area contributed by atoms with E-state index in [4.69, 9.17) is 21.4 Å². The van der Waals surface area contributed by atoms with Gasteiger partial charge in [0.2, 0.25) is 17.7 Å². The number of nitrogens with zero attached hydrogens (tertiary/aromatic N) is 5. The van der Waals surface area contributed by atoms with Crippen molar-refractivity contribution in [3.05, 3.63) is 95.5 Å². The lowest BCUT2D eigenvalue weighted by molar-refractivity contribution is -0.138. The molecule has 3 aliphatic rings. The maximum absolute atomic E-state index is 15.5. The van der Waals surface area contributed by atoms with Crippen LogP contribution in [-0.2, 0) is 25.4 Å². The van der Waals surface area contributed by atoms with Gasteiger partial charge < -0.3 is 19.4 Å². The third-order valence-corrected chi connectivity index (χ3v) is 11.9. The molecular formula is C44H39F4N7O6S. The van der Waals surface area contributed by atoms with Crippen LogP contribution in [0.1, 0.15) is 49.3 Å². The summed E-state index contributed by atoms with van der Waals surface area (Å²) in [5, 5.41) is 16.9. The van der Waals surface area contributed by atoms with Gasteiger partial charge in [-0.1, -0.05) is 12.1 Å². The zero-order chi connectivity index (χ0) is 44.1. The molecule has 4 heterocycles. The summed E-state index contributed by atoms with van der Waals surface area (Å²) in [6.45, 7) is 6.36. The second-order valence-electron chi connectivity index (χ2n) is 15.8. The van der Waals surface area contributed by atoms with E-state index < -0.39 is 40.5 Å². The Labute approximate surface area is 357 Å². The third kappa shape index (κ3) is 7.94. The zero-order valence-corrected chi connectivity index (χ0v) is 34.3. The average molecular weight is 870 g/mol. The molecule has 3 saturated heterocycles. The van der Waals surface area contributed by atoms with Gasteiger partial charge in [-0.15, -0.1) is 0 Å². The smallest absolute Gasteiger partial charge is 0.417 e. The minimum absolute atomic E-state index is 0.0359. The number of carbonyl (C=O) groups excluding carboxylic acids is 4. The Bertz CT molecular complexity index is 2710. The van der Waals surface area contributed by atoms with E-state index in [1.54, 1.807) is 12.3 Å². The Balaban J connectivity index is 0.843. The lowest BCUT2D eigenvalue weighted by Gasteiger charge is -2.34. The molecule has 0 unspecified atom stereocenters. The number of hydrogen-bond acceptors (Lipinski definition) is 10. The van der Waals surface area contributed by atoms with Crippen LogP contribution >= 0.6 is 12.2 Å². The number of nitriles is 1. The summed E-state index contributed by atoms with van der Waals surface area (Å²) in [5.74, 6) is -2.77. The first-order chi connectivity index (χ1) is 29.5. The van der Waals surface area contributed by atoms with Crippen molar-refractivity contribution >= 4 is 79.8 Å². The van der Waals surface area contributed by atoms with Crippen LogP contribution in [0.25, 0.3) is 21.7 Å². The molecule has 320 valence electrons. The molecule has 3 fully saturated rings. The Morgan fingerprint density at radius 2 is 1.74 bits per heavy atom. The summed E-state index contributed by atoms with van der Waals surface area (Å²) in [7, 11) is 0. The molecule has 0 bridgehead atoms. The molecule has 0 spiro atoms. The van der Waals surface area contributed by atoms with Crippen molar-refractivity contribution < 1.29 is 45.9 Å². The summed E-state index contributed by atoms with van der Waals surface area (Å²) < 4.78 is 68.2. The number of thiocarbonyl (C=S) groups is 1. The average Bonchev–Trinajstić information content (AvgIpc) is 3.73. The number of benzene rings is 4. The molecule has 13 nitrogen and oxygen atoms in total.